The van der Waals surface area contributed by atoms with Gasteiger partial charge in [0.05, 0.1) is 0 Å². The van der Waals surface area contributed by atoms with Gasteiger partial charge in [0, 0.05) is 0 Å². The third kappa shape index (κ3) is 1.01. The predicted molar refractivity (Wildman–Crippen MR) is 35.9 cm³/mol. The quantitative estimate of drug-likeness (QED) is 0.496. The number of aliphatic hydroxyl groups is 1. The van der Waals surface area contributed by atoms with Crippen molar-refractivity contribution >= 4 is 5.97 Å². The molecule has 2 saturated heterocycles. The average Bonchev–Trinajstić information content (AvgIpc) is 2.34. The van der Waals surface area contributed by atoms with Gasteiger partial charge in [0.2, 0.25) is 6.29 Å². The third-order valence-corrected chi connectivity index (χ3v) is 1.88. The highest BCUT2D eigenvalue weighted by molar-refractivity contribution is 5.78. The van der Waals surface area contributed by atoms with E-state index in [1.807, 2.05) is 0 Å². The van der Waals surface area contributed by atoms with Crippen LogP contribution in [0.1, 0.15) is 13.8 Å². The van der Waals surface area contributed by atoms with Crippen molar-refractivity contribution in [3.05, 3.63) is 0 Å². The Labute approximate surface area is 69.2 Å². The minimum absolute atomic E-state index is 0.557. The van der Waals surface area contributed by atoms with Gasteiger partial charge < -0.3 is 19.3 Å². The number of esters is 1. The molecule has 0 saturated carbocycles. The number of rotatable bonds is 0. The first kappa shape index (κ1) is 7.97. The smallest absolute Gasteiger partial charge is 0.340 e. The Balaban J connectivity index is 2.20. The average molecular weight is 174 g/mol. The van der Waals surface area contributed by atoms with Crippen molar-refractivity contribution in [2.45, 2.75) is 38.1 Å². The van der Waals surface area contributed by atoms with Gasteiger partial charge >= 0.3 is 5.97 Å². The van der Waals surface area contributed by atoms with Crippen LogP contribution < -0.4 is 0 Å². The van der Waals surface area contributed by atoms with Crippen LogP contribution in [0.15, 0.2) is 0 Å². The van der Waals surface area contributed by atoms with Gasteiger partial charge in [-0.05, 0) is 13.8 Å². The number of ether oxygens (including phenoxy) is 3. The molecule has 0 radical (unpaired) electrons. The summed E-state index contributed by atoms with van der Waals surface area (Å²) in [5.41, 5.74) is 0. The van der Waals surface area contributed by atoms with Crippen molar-refractivity contribution in [3.63, 3.8) is 0 Å². The summed E-state index contributed by atoms with van der Waals surface area (Å²) in [6.45, 7) is 3.37. The minimum Gasteiger partial charge on any atom is -0.431 e. The first-order chi connectivity index (χ1) is 5.49. The second kappa shape index (κ2) is 2.18. The highest BCUT2D eigenvalue weighted by Crippen LogP contribution is 2.34. The Morgan fingerprint density at radius 1 is 1.42 bits per heavy atom. The molecule has 2 heterocycles. The monoisotopic (exact) mass is 174 g/mol. The Morgan fingerprint density at radius 3 is 2.67 bits per heavy atom. The lowest BCUT2D eigenvalue weighted by Gasteiger charge is -2.18. The summed E-state index contributed by atoms with van der Waals surface area (Å²) in [7, 11) is 0. The van der Waals surface area contributed by atoms with E-state index in [0.29, 0.717) is 0 Å². The first-order valence-corrected chi connectivity index (χ1v) is 3.74. The number of cyclic esters (lactones) is 1. The highest BCUT2D eigenvalue weighted by Gasteiger charge is 2.55. The van der Waals surface area contributed by atoms with Crippen LogP contribution in [0, 0.1) is 0 Å². The van der Waals surface area contributed by atoms with E-state index in [-0.39, 0.29) is 0 Å². The van der Waals surface area contributed by atoms with Gasteiger partial charge in [0.15, 0.2) is 18.0 Å². The molecule has 1 unspecified atom stereocenters. The zero-order valence-electron chi connectivity index (χ0n) is 6.81. The molecule has 0 aromatic carbocycles. The van der Waals surface area contributed by atoms with Gasteiger partial charge in [-0.1, -0.05) is 0 Å². The predicted octanol–water partition coefficient (Wildman–Crippen LogP) is -0.618. The molecule has 0 aromatic heterocycles. The summed E-state index contributed by atoms with van der Waals surface area (Å²) in [5, 5.41) is 9.15. The molecule has 0 bridgehead atoms. The zero-order chi connectivity index (χ0) is 8.93. The second-order valence-corrected chi connectivity index (χ2v) is 3.35. The summed E-state index contributed by atoms with van der Waals surface area (Å²) in [6.07, 6.45) is -2.63. The van der Waals surface area contributed by atoms with Crippen LogP contribution in [0.4, 0.5) is 0 Å². The number of carbonyl (C=O) groups excluding carboxylic acids is 1. The molecule has 68 valence electrons. The Bertz CT molecular complexity index is 224. The molecule has 5 nitrogen and oxygen atoms in total. The van der Waals surface area contributed by atoms with Gasteiger partial charge in [0.25, 0.3) is 0 Å². The summed E-state index contributed by atoms with van der Waals surface area (Å²) in [5.74, 6) is -1.37. The molecule has 3 atom stereocenters. The molecule has 0 aliphatic carbocycles. The Hall–Kier alpha value is -0.650. The number of hydrogen-bond donors (Lipinski definition) is 1. The van der Waals surface area contributed by atoms with Crippen LogP contribution in [0.25, 0.3) is 0 Å². The summed E-state index contributed by atoms with van der Waals surface area (Å²) in [6, 6.07) is 0. The fourth-order valence-electron chi connectivity index (χ4n) is 1.43. The topological polar surface area (TPSA) is 65.0 Å². The zero-order valence-corrected chi connectivity index (χ0v) is 6.81. The molecule has 1 N–H and O–H groups in total. The minimum atomic E-state index is -1.19. The SMILES string of the molecule is CC1(C)O[C@@H]2C(=O)OC(O)[C@@H]2O1. The van der Waals surface area contributed by atoms with Crippen molar-refractivity contribution in [2.24, 2.45) is 0 Å². The first-order valence-electron chi connectivity index (χ1n) is 3.74. The van der Waals surface area contributed by atoms with Crippen molar-refractivity contribution in [2.75, 3.05) is 0 Å². The Morgan fingerprint density at radius 2 is 2.08 bits per heavy atom. The summed E-state index contributed by atoms with van der Waals surface area (Å²) < 4.78 is 14.9. The molecule has 2 aliphatic rings. The fourth-order valence-corrected chi connectivity index (χ4v) is 1.43. The Kier molecular flexibility index (Phi) is 1.45. The van der Waals surface area contributed by atoms with Crippen LogP contribution in [-0.2, 0) is 19.0 Å². The second-order valence-electron chi connectivity index (χ2n) is 3.35. The molecule has 2 aliphatic heterocycles. The normalized spacial score (nSPS) is 44.2. The van der Waals surface area contributed by atoms with E-state index < -0.39 is 30.3 Å². The maximum Gasteiger partial charge on any atom is 0.340 e. The van der Waals surface area contributed by atoms with Crippen molar-refractivity contribution < 1.29 is 24.1 Å². The summed E-state index contributed by atoms with van der Waals surface area (Å²) in [4.78, 5) is 11.0. The molecule has 5 heteroatoms. The third-order valence-electron chi connectivity index (χ3n) is 1.88. The molecular weight excluding hydrogens is 164 g/mol. The number of fused-ring (bicyclic) bond motifs is 1. The van der Waals surface area contributed by atoms with E-state index in [2.05, 4.69) is 4.74 Å². The lowest BCUT2D eigenvalue weighted by Crippen LogP contribution is -2.29. The van der Waals surface area contributed by atoms with E-state index in [9.17, 15) is 4.79 Å². The van der Waals surface area contributed by atoms with Crippen molar-refractivity contribution in [1.29, 1.82) is 0 Å². The van der Waals surface area contributed by atoms with E-state index in [0.717, 1.165) is 0 Å². The molecular formula is C7H10O5. The van der Waals surface area contributed by atoms with Gasteiger partial charge in [0.1, 0.15) is 0 Å². The van der Waals surface area contributed by atoms with Gasteiger partial charge in [-0.25, -0.2) is 4.79 Å². The molecule has 12 heavy (non-hydrogen) atoms. The lowest BCUT2D eigenvalue weighted by atomic mass is 10.2. The lowest BCUT2D eigenvalue weighted by molar-refractivity contribution is -0.209. The van der Waals surface area contributed by atoms with Crippen LogP contribution in [0.5, 0.6) is 0 Å². The highest BCUT2D eigenvalue weighted by atomic mass is 16.8. The molecule has 0 aromatic rings. The molecule has 2 rings (SSSR count). The maximum absolute atomic E-state index is 11.0. The summed E-state index contributed by atoms with van der Waals surface area (Å²) >= 11 is 0. The molecule has 2 fully saturated rings. The van der Waals surface area contributed by atoms with Gasteiger partial charge in [-0.15, -0.1) is 0 Å². The number of aliphatic hydroxyl groups excluding tert-OH is 1. The van der Waals surface area contributed by atoms with E-state index >= 15 is 0 Å². The largest absolute Gasteiger partial charge is 0.431 e. The van der Waals surface area contributed by atoms with Crippen molar-refractivity contribution in [3.8, 4) is 0 Å². The van der Waals surface area contributed by atoms with Gasteiger partial charge in [-0.3, -0.25) is 0 Å². The number of carbonyl (C=O) groups is 1. The van der Waals surface area contributed by atoms with Crippen LogP contribution >= 0.6 is 0 Å². The van der Waals surface area contributed by atoms with E-state index in [1.165, 1.54) is 0 Å². The number of hydrogen-bond acceptors (Lipinski definition) is 5. The molecule has 0 spiro atoms. The van der Waals surface area contributed by atoms with E-state index in [1.54, 1.807) is 13.8 Å². The maximum atomic E-state index is 11.0. The van der Waals surface area contributed by atoms with Crippen LogP contribution in [-0.4, -0.2) is 35.4 Å². The van der Waals surface area contributed by atoms with Crippen molar-refractivity contribution in [1.82, 2.24) is 0 Å². The van der Waals surface area contributed by atoms with Crippen LogP contribution in [0.2, 0.25) is 0 Å². The van der Waals surface area contributed by atoms with Crippen LogP contribution in [0.3, 0.4) is 0 Å². The molecule has 0 amide bonds. The van der Waals surface area contributed by atoms with E-state index in [4.69, 9.17) is 14.6 Å². The fraction of sp³-hybridized carbons (Fsp3) is 0.857. The standard InChI is InChI=1S/C7H10O5/c1-7(2)11-3-4(12-7)6(9)10-5(3)8/h3-5,8H,1-2H3/t3-,4+,5?/m1/s1. The van der Waals surface area contributed by atoms with Gasteiger partial charge in [-0.2, -0.15) is 0 Å².